The fourth-order valence-corrected chi connectivity index (χ4v) is 2.76. The number of carbonyl (C=O) groups excluding carboxylic acids is 2. The van der Waals surface area contributed by atoms with Crippen LogP contribution in [-0.2, 0) is 9.53 Å². The van der Waals surface area contributed by atoms with E-state index in [2.05, 4.69) is 11.9 Å². The van der Waals surface area contributed by atoms with Crippen LogP contribution in [0.3, 0.4) is 0 Å². The summed E-state index contributed by atoms with van der Waals surface area (Å²) in [7, 11) is 0. The molecule has 0 N–H and O–H groups in total. The van der Waals surface area contributed by atoms with Crippen molar-refractivity contribution >= 4 is 23.0 Å². The monoisotopic (exact) mass is 302 g/mol. The summed E-state index contributed by atoms with van der Waals surface area (Å²) in [5.74, 6) is -0.206. The average Bonchev–Trinajstić information content (AvgIpc) is 3.00. The van der Waals surface area contributed by atoms with Gasteiger partial charge >= 0.3 is 5.97 Å². The van der Waals surface area contributed by atoms with Crippen LogP contribution >= 0.6 is 0 Å². The first-order valence-electron chi connectivity index (χ1n) is 7.42. The van der Waals surface area contributed by atoms with Gasteiger partial charge in [-0.25, -0.2) is 9.78 Å². The molecular formula is C16H18N2O4. The molecule has 3 rings (SSSR count). The lowest BCUT2D eigenvalue weighted by molar-refractivity contribution is -0.136. The van der Waals surface area contributed by atoms with Gasteiger partial charge in [0, 0.05) is 13.1 Å². The third-order valence-corrected chi connectivity index (χ3v) is 3.92. The molecule has 6 nitrogen and oxygen atoms in total. The molecule has 1 unspecified atom stereocenters. The van der Waals surface area contributed by atoms with Crippen LogP contribution in [-0.4, -0.2) is 41.5 Å². The predicted molar refractivity (Wildman–Crippen MR) is 79.3 cm³/mol. The molecule has 2 heterocycles. The minimum atomic E-state index is -0.557. The van der Waals surface area contributed by atoms with Crippen LogP contribution in [0, 0.1) is 5.92 Å². The molecule has 0 spiro atoms. The number of oxazole rings is 1. The van der Waals surface area contributed by atoms with Gasteiger partial charge in [-0.15, -0.1) is 0 Å². The van der Waals surface area contributed by atoms with Crippen LogP contribution in [0.4, 0.5) is 0 Å². The maximum atomic E-state index is 12.1. The minimum absolute atomic E-state index is 0.146. The fourth-order valence-electron chi connectivity index (χ4n) is 2.76. The summed E-state index contributed by atoms with van der Waals surface area (Å²) in [5, 5.41) is 0. The van der Waals surface area contributed by atoms with Crippen molar-refractivity contribution in [3.8, 4) is 0 Å². The molecule has 1 aliphatic rings. The smallest absolute Gasteiger partial charge is 0.340 e. The zero-order valence-corrected chi connectivity index (χ0v) is 12.4. The van der Waals surface area contributed by atoms with E-state index in [1.54, 1.807) is 23.1 Å². The van der Waals surface area contributed by atoms with E-state index in [0.717, 1.165) is 25.9 Å². The predicted octanol–water partition coefficient (Wildman–Crippen LogP) is 2.24. The second-order valence-electron chi connectivity index (χ2n) is 5.67. The van der Waals surface area contributed by atoms with Gasteiger partial charge in [-0.1, -0.05) is 13.0 Å². The molecule has 1 amide bonds. The number of carbonyl (C=O) groups is 2. The van der Waals surface area contributed by atoms with Crippen molar-refractivity contribution in [1.82, 2.24) is 9.88 Å². The van der Waals surface area contributed by atoms with Gasteiger partial charge in [0.05, 0.1) is 5.56 Å². The lowest BCUT2D eigenvalue weighted by Crippen LogP contribution is -2.41. The van der Waals surface area contributed by atoms with Crippen molar-refractivity contribution in [1.29, 1.82) is 0 Å². The second kappa shape index (κ2) is 6.17. The molecule has 1 fully saturated rings. The molecule has 2 aromatic rings. The van der Waals surface area contributed by atoms with Crippen molar-refractivity contribution in [2.24, 2.45) is 5.92 Å². The summed E-state index contributed by atoms with van der Waals surface area (Å²) in [6.45, 7) is 3.35. The highest BCUT2D eigenvalue weighted by atomic mass is 16.5. The van der Waals surface area contributed by atoms with Crippen LogP contribution in [0.2, 0.25) is 0 Å². The molecular weight excluding hydrogens is 284 g/mol. The van der Waals surface area contributed by atoms with Crippen molar-refractivity contribution < 1.29 is 18.7 Å². The highest BCUT2D eigenvalue weighted by Crippen LogP contribution is 2.18. The van der Waals surface area contributed by atoms with Crippen LogP contribution in [0.15, 0.2) is 29.0 Å². The Morgan fingerprint density at radius 3 is 3.14 bits per heavy atom. The third-order valence-electron chi connectivity index (χ3n) is 3.92. The molecule has 0 saturated carbocycles. The lowest BCUT2D eigenvalue weighted by atomic mass is 10.0. The second-order valence-corrected chi connectivity index (χ2v) is 5.67. The van der Waals surface area contributed by atoms with Gasteiger partial charge < -0.3 is 14.1 Å². The van der Waals surface area contributed by atoms with Crippen LogP contribution < -0.4 is 0 Å². The van der Waals surface area contributed by atoms with Gasteiger partial charge in [-0.05, 0) is 30.9 Å². The Bertz CT molecular complexity index is 694. The first-order valence-corrected chi connectivity index (χ1v) is 7.42. The highest BCUT2D eigenvalue weighted by Gasteiger charge is 2.22. The number of fused-ring (bicyclic) bond motifs is 1. The quantitative estimate of drug-likeness (QED) is 0.813. The molecule has 6 heteroatoms. The van der Waals surface area contributed by atoms with Gasteiger partial charge in [-0.3, -0.25) is 4.79 Å². The number of benzene rings is 1. The van der Waals surface area contributed by atoms with E-state index >= 15 is 0 Å². The number of aromatic nitrogens is 1. The first-order chi connectivity index (χ1) is 10.6. The van der Waals surface area contributed by atoms with E-state index < -0.39 is 5.97 Å². The van der Waals surface area contributed by atoms with E-state index in [4.69, 9.17) is 9.15 Å². The number of hydrogen-bond donors (Lipinski definition) is 0. The van der Waals surface area contributed by atoms with Crippen molar-refractivity contribution in [2.75, 3.05) is 19.7 Å². The molecule has 1 aliphatic heterocycles. The summed E-state index contributed by atoms with van der Waals surface area (Å²) in [4.78, 5) is 30.0. The average molecular weight is 302 g/mol. The largest absolute Gasteiger partial charge is 0.452 e. The summed E-state index contributed by atoms with van der Waals surface area (Å²) in [6.07, 6.45) is 3.42. The number of ether oxygens (including phenoxy) is 1. The Balaban J connectivity index is 1.62. The maximum Gasteiger partial charge on any atom is 0.340 e. The number of rotatable bonds is 3. The van der Waals surface area contributed by atoms with Crippen molar-refractivity contribution in [3.63, 3.8) is 0 Å². The van der Waals surface area contributed by atoms with Gasteiger partial charge in [0.25, 0.3) is 5.91 Å². The summed E-state index contributed by atoms with van der Waals surface area (Å²) >= 11 is 0. The summed E-state index contributed by atoms with van der Waals surface area (Å²) in [5.41, 5.74) is 1.28. The van der Waals surface area contributed by atoms with Crippen LogP contribution in [0.5, 0.6) is 0 Å². The molecule has 0 aliphatic carbocycles. The number of likely N-dealkylation sites (tertiary alicyclic amines) is 1. The lowest BCUT2D eigenvalue weighted by Gasteiger charge is -2.30. The molecule has 0 radical (unpaired) electrons. The summed E-state index contributed by atoms with van der Waals surface area (Å²) < 4.78 is 10.3. The van der Waals surface area contributed by atoms with Crippen molar-refractivity contribution in [3.05, 3.63) is 30.2 Å². The van der Waals surface area contributed by atoms with Gasteiger partial charge in [0.15, 0.2) is 18.6 Å². The van der Waals surface area contributed by atoms with Crippen LogP contribution in [0.1, 0.15) is 30.1 Å². The molecule has 1 atom stereocenters. The molecule has 1 aromatic heterocycles. The number of amides is 1. The van der Waals surface area contributed by atoms with E-state index in [9.17, 15) is 9.59 Å². The Morgan fingerprint density at radius 1 is 1.45 bits per heavy atom. The zero-order chi connectivity index (χ0) is 15.5. The van der Waals surface area contributed by atoms with Crippen molar-refractivity contribution in [2.45, 2.75) is 19.8 Å². The Labute approximate surface area is 128 Å². The Morgan fingerprint density at radius 2 is 2.32 bits per heavy atom. The molecule has 1 saturated heterocycles. The van der Waals surface area contributed by atoms with E-state index in [0.29, 0.717) is 22.6 Å². The van der Waals surface area contributed by atoms with E-state index in [1.165, 1.54) is 6.39 Å². The highest BCUT2D eigenvalue weighted by molar-refractivity contribution is 6.01. The number of esters is 1. The van der Waals surface area contributed by atoms with E-state index in [-0.39, 0.29) is 12.5 Å². The maximum absolute atomic E-state index is 12.1. The van der Waals surface area contributed by atoms with E-state index in [1.807, 2.05) is 0 Å². The minimum Gasteiger partial charge on any atom is -0.452 e. The molecule has 22 heavy (non-hydrogen) atoms. The molecule has 1 aromatic carbocycles. The molecule has 0 bridgehead atoms. The number of para-hydroxylation sites is 1. The Kier molecular flexibility index (Phi) is 4.09. The normalized spacial score (nSPS) is 18.4. The Hall–Kier alpha value is -2.37. The number of nitrogens with zero attached hydrogens (tertiary/aromatic N) is 2. The van der Waals surface area contributed by atoms with Gasteiger partial charge in [0.1, 0.15) is 5.52 Å². The first kappa shape index (κ1) is 14.6. The zero-order valence-electron chi connectivity index (χ0n) is 12.4. The number of piperidine rings is 1. The standard InChI is InChI=1S/C16H18N2O4/c1-11-4-3-7-18(8-11)14(19)9-21-16(20)12-5-2-6-13-15(12)17-10-22-13/h2,5-6,10-11H,3-4,7-9H2,1H3. The molecule has 116 valence electrons. The van der Waals surface area contributed by atoms with Gasteiger partial charge in [0.2, 0.25) is 0 Å². The third kappa shape index (κ3) is 2.95. The van der Waals surface area contributed by atoms with Gasteiger partial charge in [-0.2, -0.15) is 0 Å². The number of hydrogen-bond acceptors (Lipinski definition) is 5. The van der Waals surface area contributed by atoms with Crippen LogP contribution in [0.25, 0.3) is 11.1 Å². The topological polar surface area (TPSA) is 72.6 Å². The summed E-state index contributed by atoms with van der Waals surface area (Å²) in [6, 6.07) is 5.03. The SMILES string of the molecule is CC1CCCN(C(=O)COC(=O)c2cccc3ocnc23)C1. The fraction of sp³-hybridized carbons (Fsp3) is 0.438.